The topological polar surface area (TPSA) is 44.8 Å². The summed E-state index contributed by atoms with van der Waals surface area (Å²) in [6, 6.07) is 4.40. The lowest BCUT2D eigenvalue weighted by atomic mass is 9.84. The van der Waals surface area contributed by atoms with E-state index < -0.39 is 23.7 Å². The molecular weight excluding hydrogens is 378 g/mol. The first-order valence-electron chi connectivity index (χ1n) is 10.6. The average molecular weight is 408 g/mol. The molecule has 1 unspecified atom stereocenters. The molecular formula is C23H30F2O4. The maximum absolute atomic E-state index is 14.6. The number of alkyl halides is 1. The summed E-state index contributed by atoms with van der Waals surface area (Å²) in [4.78, 5) is 12.2. The Morgan fingerprint density at radius 3 is 2.59 bits per heavy atom. The van der Waals surface area contributed by atoms with Crippen LogP contribution in [-0.2, 0) is 14.3 Å². The molecule has 0 spiro atoms. The predicted molar refractivity (Wildman–Crippen MR) is 107 cm³/mol. The minimum Gasteiger partial charge on any atom is -0.423 e. The molecule has 1 aromatic carbocycles. The van der Waals surface area contributed by atoms with Crippen molar-refractivity contribution in [1.29, 1.82) is 0 Å². The number of carbonyl (C=O) groups is 1. The molecule has 0 amide bonds. The van der Waals surface area contributed by atoms with Gasteiger partial charge in [-0.05, 0) is 49.3 Å². The van der Waals surface area contributed by atoms with Gasteiger partial charge in [0.1, 0.15) is 11.6 Å². The quantitative estimate of drug-likeness (QED) is 0.435. The standard InChI is InChI=1S/C23H30F2O4/c1-3-5-16-6-8-17(9-7-16)19-11-10-18(13-20(19)24)29-21(26)22-27-14-23(25,12-4-2)15-28-22/h8,10-11,13,16,22H,3-7,9,12,14-15H2,1-2H3. The molecule has 2 aliphatic rings. The molecule has 1 aromatic rings. The lowest BCUT2D eigenvalue weighted by molar-refractivity contribution is -0.237. The van der Waals surface area contributed by atoms with E-state index >= 15 is 0 Å². The van der Waals surface area contributed by atoms with Crippen LogP contribution in [0, 0.1) is 11.7 Å². The molecule has 1 aliphatic carbocycles. The summed E-state index contributed by atoms with van der Waals surface area (Å²) >= 11 is 0. The van der Waals surface area contributed by atoms with Gasteiger partial charge in [-0.15, -0.1) is 0 Å². The zero-order valence-electron chi connectivity index (χ0n) is 17.2. The van der Waals surface area contributed by atoms with Crippen molar-refractivity contribution in [3.05, 3.63) is 35.7 Å². The first-order valence-corrected chi connectivity index (χ1v) is 10.6. The van der Waals surface area contributed by atoms with Crippen LogP contribution in [0.1, 0.15) is 64.4 Å². The number of ether oxygens (including phenoxy) is 3. The Morgan fingerprint density at radius 2 is 2.00 bits per heavy atom. The van der Waals surface area contributed by atoms with E-state index in [0.29, 0.717) is 24.3 Å². The van der Waals surface area contributed by atoms with E-state index in [2.05, 4.69) is 13.0 Å². The predicted octanol–water partition coefficient (Wildman–Crippen LogP) is 5.60. The number of carbonyl (C=O) groups excluding carboxylic acids is 1. The molecule has 29 heavy (non-hydrogen) atoms. The molecule has 1 aliphatic heterocycles. The highest BCUT2D eigenvalue weighted by Gasteiger charge is 2.39. The fourth-order valence-electron chi connectivity index (χ4n) is 4.06. The summed E-state index contributed by atoms with van der Waals surface area (Å²) < 4.78 is 44.5. The highest BCUT2D eigenvalue weighted by atomic mass is 19.1. The molecule has 0 bridgehead atoms. The SMILES string of the molecule is CCCC1CC=C(c2ccc(OC(=O)C3OCC(F)(CCC)CO3)cc2F)CC1. The number of benzene rings is 1. The molecule has 3 rings (SSSR count). The van der Waals surface area contributed by atoms with Gasteiger partial charge in [0.25, 0.3) is 6.29 Å². The minimum atomic E-state index is -1.58. The van der Waals surface area contributed by atoms with Crippen LogP contribution in [0.4, 0.5) is 8.78 Å². The second kappa shape index (κ2) is 9.81. The molecule has 0 radical (unpaired) electrons. The van der Waals surface area contributed by atoms with Crippen LogP contribution in [0.2, 0.25) is 0 Å². The van der Waals surface area contributed by atoms with Crippen molar-refractivity contribution in [2.75, 3.05) is 13.2 Å². The zero-order valence-corrected chi connectivity index (χ0v) is 17.2. The summed E-state index contributed by atoms with van der Waals surface area (Å²) in [5.74, 6) is -0.473. The number of hydrogen-bond donors (Lipinski definition) is 0. The van der Waals surface area contributed by atoms with E-state index in [0.717, 1.165) is 24.8 Å². The van der Waals surface area contributed by atoms with Crippen LogP contribution in [0.3, 0.4) is 0 Å². The van der Waals surface area contributed by atoms with Crippen LogP contribution in [0.5, 0.6) is 5.75 Å². The molecule has 160 valence electrons. The van der Waals surface area contributed by atoms with Gasteiger partial charge in [-0.1, -0.05) is 39.2 Å². The van der Waals surface area contributed by atoms with Crippen molar-refractivity contribution in [3.8, 4) is 5.75 Å². The lowest BCUT2D eigenvalue weighted by Gasteiger charge is -2.32. The Kier molecular flexibility index (Phi) is 7.41. The largest absolute Gasteiger partial charge is 0.423 e. The maximum atomic E-state index is 14.6. The molecule has 4 nitrogen and oxygen atoms in total. The monoisotopic (exact) mass is 408 g/mol. The van der Waals surface area contributed by atoms with Crippen LogP contribution < -0.4 is 4.74 Å². The van der Waals surface area contributed by atoms with Crippen LogP contribution in [0.15, 0.2) is 24.3 Å². The second-order valence-corrected chi connectivity index (χ2v) is 8.08. The van der Waals surface area contributed by atoms with Crippen molar-refractivity contribution in [1.82, 2.24) is 0 Å². The molecule has 1 saturated heterocycles. The third kappa shape index (κ3) is 5.64. The first-order chi connectivity index (χ1) is 13.9. The minimum absolute atomic E-state index is 0.0781. The molecule has 1 fully saturated rings. The van der Waals surface area contributed by atoms with Crippen molar-refractivity contribution in [2.24, 2.45) is 5.92 Å². The third-order valence-corrected chi connectivity index (χ3v) is 5.60. The lowest BCUT2D eigenvalue weighted by Crippen LogP contribution is -2.47. The molecule has 6 heteroatoms. The summed E-state index contributed by atoms with van der Waals surface area (Å²) in [5, 5.41) is 0. The number of halogens is 2. The Bertz CT molecular complexity index is 738. The summed E-state index contributed by atoms with van der Waals surface area (Å²) in [7, 11) is 0. The number of hydrogen-bond acceptors (Lipinski definition) is 4. The molecule has 0 aromatic heterocycles. The third-order valence-electron chi connectivity index (χ3n) is 5.60. The molecule has 1 heterocycles. The zero-order chi connectivity index (χ0) is 20.9. The van der Waals surface area contributed by atoms with Gasteiger partial charge in [0, 0.05) is 11.6 Å². The fraction of sp³-hybridized carbons (Fsp3) is 0.609. The second-order valence-electron chi connectivity index (χ2n) is 8.08. The van der Waals surface area contributed by atoms with Gasteiger partial charge in [-0.2, -0.15) is 0 Å². The Hall–Kier alpha value is -1.79. The first kappa shape index (κ1) is 21.9. The van der Waals surface area contributed by atoms with E-state index in [9.17, 15) is 13.6 Å². The van der Waals surface area contributed by atoms with Gasteiger partial charge >= 0.3 is 5.97 Å². The van der Waals surface area contributed by atoms with Gasteiger partial charge in [-0.3, -0.25) is 0 Å². The van der Waals surface area contributed by atoms with Gasteiger partial charge in [-0.25, -0.2) is 13.6 Å². The number of rotatable bonds is 7. The van der Waals surface area contributed by atoms with Gasteiger partial charge < -0.3 is 14.2 Å². The smallest absolute Gasteiger partial charge is 0.368 e. The summed E-state index contributed by atoms with van der Waals surface area (Å²) in [6.45, 7) is 3.61. The molecule has 0 saturated carbocycles. The van der Waals surface area contributed by atoms with E-state index in [1.807, 2.05) is 6.92 Å². The van der Waals surface area contributed by atoms with Gasteiger partial charge in [0.15, 0.2) is 5.67 Å². The summed E-state index contributed by atoms with van der Waals surface area (Å²) in [6.07, 6.45) is 7.05. The molecule has 0 N–H and O–H groups in total. The van der Waals surface area contributed by atoms with Crippen molar-refractivity contribution in [2.45, 2.75) is 70.8 Å². The van der Waals surface area contributed by atoms with E-state index in [-0.39, 0.29) is 19.0 Å². The van der Waals surface area contributed by atoms with Crippen LogP contribution in [-0.4, -0.2) is 31.1 Å². The number of allylic oxidation sites excluding steroid dienone is 2. The summed E-state index contributed by atoms with van der Waals surface area (Å²) in [5.41, 5.74) is -0.0306. The average Bonchev–Trinajstić information content (AvgIpc) is 2.70. The van der Waals surface area contributed by atoms with Gasteiger partial charge in [0.2, 0.25) is 0 Å². The van der Waals surface area contributed by atoms with Crippen LogP contribution in [0.25, 0.3) is 5.57 Å². The van der Waals surface area contributed by atoms with Crippen molar-refractivity contribution in [3.63, 3.8) is 0 Å². The fourth-order valence-corrected chi connectivity index (χ4v) is 4.06. The van der Waals surface area contributed by atoms with Gasteiger partial charge in [0.05, 0.1) is 13.2 Å². The highest BCUT2D eigenvalue weighted by molar-refractivity contribution is 5.76. The molecule has 1 atom stereocenters. The maximum Gasteiger partial charge on any atom is 0.368 e. The van der Waals surface area contributed by atoms with E-state index in [1.165, 1.54) is 18.9 Å². The van der Waals surface area contributed by atoms with E-state index in [1.54, 1.807) is 12.1 Å². The van der Waals surface area contributed by atoms with E-state index in [4.69, 9.17) is 14.2 Å². The van der Waals surface area contributed by atoms with Crippen molar-refractivity contribution < 1.29 is 27.8 Å². The van der Waals surface area contributed by atoms with Crippen LogP contribution >= 0.6 is 0 Å². The highest BCUT2D eigenvalue weighted by Crippen LogP contribution is 2.34. The Morgan fingerprint density at radius 1 is 1.24 bits per heavy atom. The normalized spacial score (nSPS) is 27.4. The number of esters is 1. The van der Waals surface area contributed by atoms with Crippen molar-refractivity contribution >= 4 is 11.5 Å². The Labute approximate surface area is 171 Å². The Balaban J connectivity index is 1.58.